The van der Waals surface area contributed by atoms with Gasteiger partial charge in [-0.15, -0.1) is 0 Å². The maximum Gasteiger partial charge on any atom is 0.405 e. The number of primary amides is 1. The molecule has 0 radical (unpaired) electrons. The number of carbonyl (C=O) groups excluding carboxylic acids is 2. The Kier molecular flexibility index (Phi) is 10.4. The van der Waals surface area contributed by atoms with Gasteiger partial charge in [-0.05, 0) is 40.8 Å². The van der Waals surface area contributed by atoms with Gasteiger partial charge < -0.3 is 20.9 Å². The van der Waals surface area contributed by atoms with Crippen LogP contribution in [0.4, 0.5) is 10.5 Å². The second kappa shape index (κ2) is 13.4. The van der Waals surface area contributed by atoms with E-state index in [0.717, 1.165) is 34.9 Å². The molecule has 3 aromatic carbocycles. The number of nitrogens with one attached hydrogen (secondary N) is 2. The van der Waals surface area contributed by atoms with Crippen molar-refractivity contribution in [2.45, 2.75) is 58.7 Å². The lowest BCUT2D eigenvalue weighted by atomic mass is 9.69. The molecule has 0 bridgehead atoms. The van der Waals surface area contributed by atoms with Gasteiger partial charge in [-0.1, -0.05) is 88.4 Å². The van der Waals surface area contributed by atoms with Crippen LogP contribution in [-0.4, -0.2) is 43.9 Å². The molecule has 0 aliphatic carbocycles. The molecule has 0 aliphatic rings. The highest BCUT2D eigenvalue weighted by Gasteiger charge is 2.47. The molecule has 0 heterocycles. The second-order valence-electron chi connectivity index (χ2n) is 11.6. The van der Waals surface area contributed by atoms with E-state index in [1.165, 1.54) is 0 Å². The molecule has 0 aromatic heterocycles. The van der Waals surface area contributed by atoms with Crippen molar-refractivity contribution in [3.05, 3.63) is 89.5 Å². The number of anilines is 1. The summed E-state index contributed by atoms with van der Waals surface area (Å²) < 4.78 is 31.1. The number of ether oxygens (including phenoxy) is 1. The lowest BCUT2D eigenvalue weighted by molar-refractivity contribution is -0.0931. The molecule has 3 rings (SSSR count). The van der Waals surface area contributed by atoms with Gasteiger partial charge in [0.1, 0.15) is 5.60 Å². The molecule has 0 fully saturated rings. The van der Waals surface area contributed by atoms with Crippen molar-refractivity contribution in [2.75, 3.05) is 18.1 Å². The van der Waals surface area contributed by atoms with Crippen LogP contribution >= 0.6 is 0 Å². The Morgan fingerprint density at radius 1 is 0.976 bits per heavy atom. The van der Waals surface area contributed by atoms with E-state index in [-0.39, 0.29) is 12.0 Å². The minimum Gasteiger partial charge on any atom is -0.442 e. The number of hydrogen-bond acceptors (Lipinski definition) is 7. The van der Waals surface area contributed by atoms with Crippen molar-refractivity contribution in [3.8, 4) is 11.1 Å². The van der Waals surface area contributed by atoms with Gasteiger partial charge in [0.25, 0.3) is 5.91 Å². The molecular formula is C32H41N3O6S. The van der Waals surface area contributed by atoms with Crippen molar-refractivity contribution in [2.24, 2.45) is 11.1 Å². The predicted molar refractivity (Wildman–Crippen MR) is 166 cm³/mol. The first-order valence-corrected chi connectivity index (χ1v) is 15.7. The zero-order chi connectivity index (χ0) is 31.1. The number of aliphatic hydroxyl groups excluding tert-OH is 1. The summed E-state index contributed by atoms with van der Waals surface area (Å²) in [6, 6.07) is 22.1. The van der Waals surface area contributed by atoms with E-state index in [1.54, 1.807) is 12.1 Å². The largest absolute Gasteiger partial charge is 0.442 e. The number of rotatable bonds is 12. The van der Waals surface area contributed by atoms with E-state index in [1.807, 2.05) is 93.1 Å². The number of carbonyl (C=O) groups is 2. The van der Waals surface area contributed by atoms with Crippen LogP contribution in [0.3, 0.4) is 0 Å². The molecule has 0 saturated carbocycles. The van der Waals surface area contributed by atoms with E-state index in [4.69, 9.17) is 10.5 Å². The molecule has 0 saturated heterocycles. The van der Waals surface area contributed by atoms with E-state index >= 15 is 0 Å². The fraction of sp³-hybridized carbons (Fsp3) is 0.375. The van der Waals surface area contributed by atoms with Crippen molar-refractivity contribution < 1.29 is 27.9 Å². The highest BCUT2D eigenvalue weighted by molar-refractivity contribution is 7.89. The van der Waals surface area contributed by atoms with E-state index < -0.39 is 39.1 Å². The Bertz CT molecular complexity index is 1480. The third kappa shape index (κ3) is 8.56. The van der Waals surface area contributed by atoms with Crippen LogP contribution in [-0.2, 0) is 21.2 Å². The average Bonchev–Trinajstić information content (AvgIpc) is 2.90. The first-order chi connectivity index (χ1) is 19.6. The summed E-state index contributed by atoms with van der Waals surface area (Å²) in [7, 11) is -3.71. The Balaban J connectivity index is 1.94. The molecule has 2 amide bonds. The monoisotopic (exact) mass is 595 g/mol. The third-order valence-electron chi connectivity index (χ3n) is 7.25. The highest BCUT2D eigenvalue weighted by Crippen LogP contribution is 2.43. The second-order valence-corrected chi connectivity index (χ2v) is 13.3. The normalized spacial score (nSPS) is 14.0. The summed E-state index contributed by atoms with van der Waals surface area (Å²) in [5.41, 5.74) is 7.91. The average molecular weight is 596 g/mol. The van der Waals surface area contributed by atoms with E-state index in [9.17, 15) is 23.1 Å². The maximum atomic E-state index is 12.6. The number of aliphatic hydroxyl groups is 1. The van der Waals surface area contributed by atoms with Crippen LogP contribution in [0, 0.1) is 5.41 Å². The van der Waals surface area contributed by atoms with E-state index in [0.29, 0.717) is 18.7 Å². The van der Waals surface area contributed by atoms with Crippen molar-refractivity contribution >= 4 is 27.7 Å². The summed E-state index contributed by atoms with van der Waals surface area (Å²) in [6.45, 7) is 8.45. The molecule has 0 spiro atoms. The van der Waals surface area contributed by atoms with Crippen LogP contribution in [0.1, 0.15) is 68.1 Å². The Morgan fingerprint density at radius 2 is 1.60 bits per heavy atom. The molecule has 1 unspecified atom stereocenters. The van der Waals surface area contributed by atoms with Crippen molar-refractivity contribution in [1.82, 2.24) is 4.72 Å². The van der Waals surface area contributed by atoms with Gasteiger partial charge in [0.2, 0.25) is 10.0 Å². The fourth-order valence-electron chi connectivity index (χ4n) is 4.87. The summed E-state index contributed by atoms with van der Waals surface area (Å²) in [4.78, 5) is 24.7. The first-order valence-electron chi connectivity index (χ1n) is 13.8. The lowest BCUT2D eigenvalue weighted by Crippen LogP contribution is -2.51. The topological polar surface area (TPSA) is 148 Å². The predicted octanol–water partition coefficient (Wildman–Crippen LogP) is 5.41. The number of benzene rings is 3. The lowest BCUT2D eigenvalue weighted by Gasteiger charge is -2.45. The van der Waals surface area contributed by atoms with Crippen LogP contribution in [0.2, 0.25) is 0 Å². The SMILES string of the molecule is CCCNc1cc(-c2ccc(CC(C[C@@H](O)c3ccccc3)(OC(N)=O)C(C)(C)C)cc2)ccc1C(=O)NS(C)(=O)=O. The van der Waals surface area contributed by atoms with Gasteiger partial charge >= 0.3 is 6.09 Å². The minimum atomic E-state index is -3.71. The molecule has 9 nitrogen and oxygen atoms in total. The minimum absolute atomic E-state index is 0.147. The summed E-state index contributed by atoms with van der Waals surface area (Å²) in [5.74, 6) is -0.705. The van der Waals surface area contributed by atoms with Crippen molar-refractivity contribution in [1.29, 1.82) is 0 Å². The standard InChI is InChI=1S/C32H41N3O6S/c1-6-18-34-27-19-25(16-17-26(27)29(37)35-42(5,39)40)23-14-12-22(13-15-23)20-32(31(2,3)4,41-30(33)38)21-28(36)24-10-8-7-9-11-24/h7-17,19,28,34,36H,6,18,20-21H2,1-5H3,(H2,33,38)(H,35,37)/t28-,32?/m1/s1. The quantitative estimate of drug-likeness (QED) is 0.219. The number of nitrogens with two attached hydrogens (primary N) is 1. The molecule has 226 valence electrons. The zero-order valence-corrected chi connectivity index (χ0v) is 25.6. The van der Waals surface area contributed by atoms with Gasteiger partial charge in [0.05, 0.1) is 17.9 Å². The van der Waals surface area contributed by atoms with Crippen molar-refractivity contribution in [3.63, 3.8) is 0 Å². The fourth-order valence-corrected chi connectivity index (χ4v) is 5.31. The van der Waals surface area contributed by atoms with E-state index in [2.05, 4.69) is 5.32 Å². The van der Waals surface area contributed by atoms with Gasteiger partial charge in [-0.2, -0.15) is 0 Å². The number of hydrogen-bond donors (Lipinski definition) is 4. The van der Waals surface area contributed by atoms with Gasteiger partial charge in [0.15, 0.2) is 0 Å². The molecule has 3 aromatic rings. The smallest absolute Gasteiger partial charge is 0.405 e. The highest BCUT2D eigenvalue weighted by atomic mass is 32.2. The molecule has 10 heteroatoms. The number of amides is 2. The summed E-state index contributed by atoms with van der Waals surface area (Å²) in [6.07, 6.45) is 0.427. The summed E-state index contributed by atoms with van der Waals surface area (Å²) in [5, 5.41) is 14.3. The number of sulfonamides is 1. The Hall–Kier alpha value is -3.89. The molecule has 2 atom stereocenters. The van der Waals surface area contributed by atoms with Crippen LogP contribution in [0.15, 0.2) is 72.8 Å². The molecular weight excluding hydrogens is 554 g/mol. The first kappa shape index (κ1) is 32.6. The molecule has 42 heavy (non-hydrogen) atoms. The summed E-state index contributed by atoms with van der Waals surface area (Å²) >= 11 is 0. The molecule has 5 N–H and O–H groups in total. The van der Waals surface area contributed by atoms with Crippen LogP contribution in [0.25, 0.3) is 11.1 Å². The Morgan fingerprint density at radius 3 is 2.14 bits per heavy atom. The van der Waals surface area contributed by atoms with Gasteiger partial charge in [-0.3, -0.25) is 4.79 Å². The van der Waals surface area contributed by atoms with Gasteiger partial charge in [0, 0.05) is 30.5 Å². The molecule has 0 aliphatic heterocycles. The Labute approximate surface area is 248 Å². The van der Waals surface area contributed by atoms with Crippen LogP contribution in [0.5, 0.6) is 0 Å². The zero-order valence-electron chi connectivity index (χ0n) is 24.8. The third-order valence-corrected chi connectivity index (χ3v) is 7.81. The maximum absolute atomic E-state index is 12.6. The van der Waals surface area contributed by atoms with Gasteiger partial charge in [-0.25, -0.2) is 17.9 Å². The van der Waals surface area contributed by atoms with Crippen LogP contribution < -0.4 is 15.8 Å².